The standard InChI is InChI=1S/C21H22N3O5/c1-29-21(26)16-9-12-8-15(24(27)28)5-6-18(12)23-10-13-7-14(20(16)23)11-22-17(13)3-2-4-19(22)25/h2-6,8,13-14,16,20,27H,7,9-11H2,1H3/q-1. The molecule has 29 heavy (non-hydrogen) atoms. The second-order valence-electron chi connectivity index (χ2n) is 8.15. The summed E-state index contributed by atoms with van der Waals surface area (Å²) in [6, 6.07) is 10.4. The van der Waals surface area contributed by atoms with Gasteiger partial charge in [0, 0.05) is 42.5 Å². The number of pyridine rings is 1. The molecule has 4 atom stereocenters. The molecule has 2 aromatic rings. The topological polar surface area (TPSA) is 98.1 Å². The number of aromatic nitrogens is 1. The number of rotatable bonds is 2. The first-order valence-corrected chi connectivity index (χ1v) is 9.81. The Morgan fingerprint density at radius 2 is 2.10 bits per heavy atom. The van der Waals surface area contributed by atoms with Crippen LogP contribution in [-0.2, 0) is 22.5 Å². The number of anilines is 2. The summed E-state index contributed by atoms with van der Waals surface area (Å²) in [4.78, 5) is 27.4. The molecule has 0 amide bonds. The van der Waals surface area contributed by atoms with Crippen LogP contribution in [0.25, 0.3) is 0 Å². The number of benzene rings is 1. The van der Waals surface area contributed by atoms with Crippen LogP contribution in [0.4, 0.5) is 11.4 Å². The molecule has 0 saturated carbocycles. The Labute approximate surface area is 167 Å². The van der Waals surface area contributed by atoms with Crippen LogP contribution in [0.1, 0.15) is 23.6 Å². The maximum Gasteiger partial charge on any atom is 0.311 e. The predicted molar refractivity (Wildman–Crippen MR) is 106 cm³/mol. The smallest absolute Gasteiger partial charge is 0.311 e. The maximum absolute atomic E-state index is 12.7. The normalized spacial score (nSPS) is 26.8. The molecule has 152 valence electrons. The Hall–Kier alpha value is -2.84. The molecule has 0 radical (unpaired) electrons. The number of esters is 1. The molecule has 1 aromatic heterocycles. The summed E-state index contributed by atoms with van der Waals surface area (Å²) in [6.07, 6.45) is 1.36. The third kappa shape index (κ3) is 2.74. The van der Waals surface area contributed by atoms with Crippen LogP contribution in [0.15, 0.2) is 41.2 Å². The van der Waals surface area contributed by atoms with Gasteiger partial charge in [-0.3, -0.25) is 14.8 Å². The lowest BCUT2D eigenvalue weighted by atomic mass is 9.70. The Morgan fingerprint density at radius 3 is 2.86 bits per heavy atom. The summed E-state index contributed by atoms with van der Waals surface area (Å²) in [5.74, 6) is -0.346. The van der Waals surface area contributed by atoms with Gasteiger partial charge in [-0.05, 0) is 48.6 Å². The van der Waals surface area contributed by atoms with E-state index in [1.54, 1.807) is 24.3 Å². The van der Waals surface area contributed by atoms with Gasteiger partial charge in [0.25, 0.3) is 5.56 Å². The predicted octanol–water partition coefficient (Wildman–Crippen LogP) is 1.88. The molecule has 3 aliphatic heterocycles. The van der Waals surface area contributed by atoms with Crippen LogP contribution in [0.3, 0.4) is 0 Å². The quantitative estimate of drug-likeness (QED) is 0.611. The van der Waals surface area contributed by atoms with Crippen LogP contribution in [-0.4, -0.2) is 35.4 Å². The Morgan fingerprint density at radius 1 is 1.28 bits per heavy atom. The largest absolute Gasteiger partial charge is 0.733 e. The Balaban J connectivity index is 1.62. The van der Waals surface area contributed by atoms with Crippen LogP contribution in [0.2, 0.25) is 0 Å². The summed E-state index contributed by atoms with van der Waals surface area (Å²) in [7, 11) is 1.39. The van der Waals surface area contributed by atoms with E-state index in [-0.39, 0.29) is 40.3 Å². The highest BCUT2D eigenvalue weighted by Gasteiger charge is 2.49. The molecule has 0 aliphatic carbocycles. The molecule has 1 aromatic carbocycles. The van der Waals surface area contributed by atoms with Crippen LogP contribution in [0.5, 0.6) is 0 Å². The summed E-state index contributed by atoms with van der Waals surface area (Å²) < 4.78 is 6.96. The Kier molecular flexibility index (Phi) is 4.15. The molecular weight excluding hydrogens is 374 g/mol. The summed E-state index contributed by atoms with van der Waals surface area (Å²) in [5, 5.41) is 20.5. The van der Waals surface area contributed by atoms with Gasteiger partial charge in [0.2, 0.25) is 0 Å². The first-order chi connectivity index (χ1) is 14.0. The second kappa shape index (κ2) is 6.60. The highest BCUT2D eigenvalue weighted by atomic mass is 16.8. The number of hydrogen-bond acceptors (Lipinski definition) is 7. The molecular formula is C21H22N3O5-. The first kappa shape index (κ1) is 18.2. The number of fused-ring (bicyclic) bond motifs is 8. The van der Waals surface area contributed by atoms with Crippen molar-refractivity contribution >= 4 is 17.3 Å². The molecule has 1 fully saturated rings. The fourth-order valence-electron chi connectivity index (χ4n) is 5.58. The van der Waals surface area contributed by atoms with Crippen LogP contribution < -0.4 is 15.7 Å². The van der Waals surface area contributed by atoms with Crippen molar-refractivity contribution in [3.63, 3.8) is 0 Å². The van der Waals surface area contributed by atoms with Gasteiger partial charge >= 0.3 is 5.97 Å². The van der Waals surface area contributed by atoms with E-state index in [4.69, 9.17) is 4.74 Å². The van der Waals surface area contributed by atoms with E-state index in [1.807, 2.05) is 16.7 Å². The van der Waals surface area contributed by atoms with Crippen molar-refractivity contribution in [2.24, 2.45) is 11.8 Å². The van der Waals surface area contributed by atoms with Gasteiger partial charge in [-0.1, -0.05) is 6.07 Å². The van der Waals surface area contributed by atoms with Crippen molar-refractivity contribution in [2.45, 2.75) is 31.3 Å². The van der Waals surface area contributed by atoms with Gasteiger partial charge in [0.15, 0.2) is 0 Å². The van der Waals surface area contributed by atoms with Crippen molar-refractivity contribution in [2.75, 3.05) is 23.8 Å². The minimum absolute atomic E-state index is 0.000368. The van der Waals surface area contributed by atoms with Crippen molar-refractivity contribution in [1.29, 1.82) is 0 Å². The zero-order valence-corrected chi connectivity index (χ0v) is 16.0. The van der Waals surface area contributed by atoms with E-state index in [2.05, 4.69) is 4.90 Å². The van der Waals surface area contributed by atoms with Crippen molar-refractivity contribution in [3.05, 3.63) is 63.2 Å². The van der Waals surface area contributed by atoms with Gasteiger partial charge in [0.1, 0.15) is 0 Å². The highest BCUT2D eigenvalue weighted by molar-refractivity contribution is 5.78. The molecule has 1 N–H and O–H groups in total. The van der Waals surface area contributed by atoms with Crippen LogP contribution in [0, 0.1) is 17.0 Å². The van der Waals surface area contributed by atoms with E-state index in [1.165, 1.54) is 7.11 Å². The van der Waals surface area contributed by atoms with Gasteiger partial charge < -0.3 is 24.6 Å². The van der Waals surface area contributed by atoms with Gasteiger partial charge in [-0.2, -0.15) is 0 Å². The number of methoxy groups -OCH3 is 1. The molecule has 3 aliphatic rings. The van der Waals surface area contributed by atoms with Crippen molar-refractivity contribution in [1.82, 2.24) is 4.57 Å². The fraction of sp³-hybridized carbons (Fsp3) is 0.429. The van der Waals surface area contributed by atoms with Crippen molar-refractivity contribution in [3.8, 4) is 0 Å². The molecule has 4 unspecified atom stereocenters. The molecule has 1 saturated heterocycles. The third-order valence-corrected chi connectivity index (χ3v) is 6.72. The van der Waals surface area contributed by atoms with E-state index in [0.29, 0.717) is 19.5 Å². The lowest BCUT2D eigenvalue weighted by Gasteiger charge is -2.54. The van der Waals surface area contributed by atoms with E-state index in [9.17, 15) is 20.0 Å². The highest BCUT2D eigenvalue weighted by Crippen LogP contribution is 2.47. The zero-order valence-electron chi connectivity index (χ0n) is 16.0. The minimum Gasteiger partial charge on any atom is -0.733 e. The number of ether oxygens (including phenoxy) is 1. The average molecular weight is 396 g/mol. The van der Waals surface area contributed by atoms with Gasteiger partial charge in [-0.15, -0.1) is 0 Å². The zero-order chi connectivity index (χ0) is 20.3. The number of hydrogen-bond donors (Lipinski definition) is 1. The van der Waals surface area contributed by atoms with E-state index >= 15 is 0 Å². The number of carbonyl (C=O) groups excluding carboxylic acids is 1. The summed E-state index contributed by atoms with van der Waals surface area (Å²) in [5.41, 5.74) is 2.99. The number of carbonyl (C=O) groups is 1. The third-order valence-electron chi connectivity index (χ3n) is 6.72. The monoisotopic (exact) mass is 396 g/mol. The molecule has 2 bridgehead atoms. The molecule has 4 heterocycles. The minimum atomic E-state index is -0.395. The second-order valence-corrected chi connectivity index (χ2v) is 8.15. The molecule has 0 spiro atoms. The Bertz CT molecular complexity index is 1030. The lowest BCUT2D eigenvalue weighted by Crippen LogP contribution is -2.60. The van der Waals surface area contributed by atoms with Crippen molar-refractivity contribution < 1.29 is 14.7 Å². The lowest BCUT2D eigenvalue weighted by molar-refractivity contribution is -0.147. The first-order valence-electron chi connectivity index (χ1n) is 9.81. The van der Waals surface area contributed by atoms with E-state index in [0.717, 1.165) is 23.4 Å². The number of piperidine rings is 1. The molecule has 5 rings (SSSR count). The fourth-order valence-corrected chi connectivity index (χ4v) is 5.58. The molecule has 8 nitrogen and oxygen atoms in total. The van der Waals surface area contributed by atoms with Gasteiger partial charge in [-0.25, -0.2) is 0 Å². The number of nitrogens with zero attached hydrogens (tertiary/aromatic N) is 3. The summed E-state index contributed by atoms with van der Waals surface area (Å²) in [6.45, 7) is 1.27. The SMILES string of the molecule is COC(=O)C1Cc2cc(N([O-])O)ccc2N2CC3CC(Cn4c3cccc4=O)C12. The van der Waals surface area contributed by atoms with E-state index < -0.39 is 5.92 Å². The average Bonchev–Trinajstić information content (AvgIpc) is 2.73. The van der Waals surface area contributed by atoms with Gasteiger partial charge in [0.05, 0.1) is 18.7 Å². The summed E-state index contributed by atoms with van der Waals surface area (Å²) >= 11 is 0. The maximum atomic E-state index is 12.7. The van der Waals surface area contributed by atoms with Crippen LogP contribution >= 0.6 is 0 Å². The molecule has 8 heteroatoms.